The number of aromatic nitrogens is 2. The van der Waals surface area contributed by atoms with Gasteiger partial charge in [0.25, 0.3) is 5.91 Å². The number of thiophene rings is 1. The van der Waals surface area contributed by atoms with Gasteiger partial charge in [-0.3, -0.25) is 4.79 Å². The Kier molecular flexibility index (Phi) is 4.83. The van der Waals surface area contributed by atoms with Gasteiger partial charge in [0.1, 0.15) is 16.3 Å². The van der Waals surface area contributed by atoms with Crippen molar-refractivity contribution in [3.05, 3.63) is 70.3 Å². The van der Waals surface area contributed by atoms with Crippen molar-refractivity contribution in [2.24, 2.45) is 5.73 Å². The molecule has 3 aromatic heterocycles. The summed E-state index contributed by atoms with van der Waals surface area (Å²) in [7, 11) is 0. The van der Waals surface area contributed by atoms with E-state index in [1.807, 2.05) is 48.7 Å². The normalized spacial score (nSPS) is 11.0. The number of benzene rings is 1. The maximum atomic E-state index is 11.8. The van der Waals surface area contributed by atoms with Gasteiger partial charge < -0.3 is 15.5 Å². The molecule has 3 heterocycles. The van der Waals surface area contributed by atoms with Crippen molar-refractivity contribution in [2.45, 2.75) is 6.42 Å². The van der Waals surface area contributed by atoms with Gasteiger partial charge in [0.2, 0.25) is 0 Å². The van der Waals surface area contributed by atoms with Crippen LogP contribution in [0.4, 0.5) is 0 Å². The number of rotatable bonds is 6. The summed E-state index contributed by atoms with van der Waals surface area (Å²) in [5.41, 5.74) is 8.27. The summed E-state index contributed by atoms with van der Waals surface area (Å²) in [5.74, 6) is -0.0154. The van der Waals surface area contributed by atoms with E-state index < -0.39 is 5.91 Å². The summed E-state index contributed by atoms with van der Waals surface area (Å²) in [4.78, 5) is 20.6. The molecule has 27 heavy (non-hydrogen) atoms. The number of hydrogen-bond donors (Lipinski definition) is 2. The second kappa shape index (κ2) is 7.42. The predicted molar refractivity (Wildman–Crippen MR) is 109 cm³/mol. The molecule has 3 N–H and O–H groups in total. The van der Waals surface area contributed by atoms with Crippen molar-refractivity contribution in [2.75, 3.05) is 6.61 Å². The lowest BCUT2D eigenvalue weighted by molar-refractivity contribution is 0.100. The monoisotopic (exact) mass is 397 g/mol. The molecule has 0 saturated carbocycles. The molecule has 0 aliphatic heterocycles. The van der Waals surface area contributed by atoms with E-state index >= 15 is 0 Å². The highest BCUT2D eigenvalue weighted by Gasteiger charge is 2.17. The van der Waals surface area contributed by atoms with Crippen LogP contribution in [-0.4, -0.2) is 22.5 Å². The van der Waals surface area contributed by atoms with Crippen LogP contribution in [0.15, 0.2) is 54.9 Å². The zero-order chi connectivity index (χ0) is 18.8. The molecule has 4 rings (SSSR count). The van der Waals surface area contributed by atoms with Crippen LogP contribution in [0.25, 0.3) is 21.5 Å². The highest BCUT2D eigenvalue weighted by atomic mass is 35.5. The number of primary amides is 1. The Bertz CT molecular complexity index is 1120. The van der Waals surface area contributed by atoms with E-state index in [4.69, 9.17) is 22.1 Å². The van der Waals surface area contributed by atoms with Crippen LogP contribution in [0.2, 0.25) is 5.02 Å². The molecule has 1 amide bonds. The molecule has 5 nitrogen and oxygen atoms in total. The number of nitrogens with zero attached hydrogens (tertiary/aromatic N) is 1. The first-order valence-corrected chi connectivity index (χ1v) is 9.54. The fourth-order valence-electron chi connectivity index (χ4n) is 2.84. The second-order valence-corrected chi connectivity index (χ2v) is 7.46. The number of aromatic amines is 1. The zero-order valence-corrected chi connectivity index (χ0v) is 15.8. The molecule has 0 spiro atoms. The third-order valence-corrected chi connectivity index (χ3v) is 5.74. The molecule has 4 aromatic rings. The topological polar surface area (TPSA) is 81.0 Å². The lowest BCUT2D eigenvalue weighted by Crippen LogP contribution is -2.11. The maximum absolute atomic E-state index is 11.8. The van der Waals surface area contributed by atoms with E-state index in [0.29, 0.717) is 28.7 Å². The number of pyridine rings is 1. The zero-order valence-electron chi connectivity index (χ0n) is 14.2. The molecular weight excluding hydrogens is 382 g/mol. The van der Waals surface area contributed by atoms with Crippen molar-refractivity contribution in [1.82, 2.24) is 9.97 Å². The summed E-state index contributed by atoms with van der Waals surface area (Å²) >= 11 is 7.48. The molecule has 1 aromatic carbocycles. The molecule has 136 valence electrons. The van der Waals surface area contributed by atoms with E-state index in [9.17, 15) is 4.79 Å². The lowest BCUT2D eigenvalue weighted by atomic mass is 10.2. The number of carbonyl (C=O) groups is 1. The number of nitrogens with two attached hydrogens (primary N) is 1. The van der Waals surface area contributed by atoms with Crippen molar-refractivity contribution in [3.63, 3.8) is 0 Å². The smallest absolute Gasteiger partial charge is 0.262 e. The van der Waals surface area contributed by atoms with Crippen LogP contribution >= 0.6 is 22.9 Å². The molecule has 0 aliphatic rings. The number of H-pyrrole nitrogens is 1. The minimum Gasteiger partial charge on any atom is -0.491 e. The van der Waals surface area contributed by atoms with Crippen LogP contribution in [-0.2, 0) is 6.42 Å². The quantitative estimate of drug-likeness (QED) is 0.496. The van der Waals surface area contributed by atoms with Gasteiger partial charge in [-0.2, -0.15) is 0 Å². The Morgan fingerprint density at radius 1 is 1.26 bits per heavy atom. The molecule has 0 radical (unpaired) electrons. The van der Waals surface area contributed by atoms with Crippen LogP contribution in [0, 0.1) is 0 Å². The van der Waals surface area contributed by atoms with E-state index in [2.05, 4.69) is 9.97 Å². The third kappa shape index (κ3) is 3.67. The molecule has 0 aliphatic carbocycles. The van der Waals surface area contributed by atoms with E-state index in [-0.39, 0.29) is 0 Å². The molecule has 0 fully saturated rings. The molecule has 7 heteroatoms. The van der Waals surface area contributed by atoms with Gasteiger partial charge in [0.15, 0.2) is 0 Å². The van der Waals surface area contributed by atoms with Gasteiger partial charge in [0, 0.05) is 39.7 Å². The highest BCUT2D eigenvalue weighted by molar-refractivity contribution is 7.17. The van der Waals surface area contributed by atoms with Gasteiger partial charge in [0.05, 0.1) is 6.61 Å². The van der Waals surface area contributed by atoms with Crippen LogP contribution in [0.3, 0.4) is 0 Å². The molecule has 0 atom stereocenters. The third-order valence-electron chi connectivity index (χ3n) is 4.19. The Hall–Kier alpha value is -2.83. The first-order chi connectivity index (χ1) is 13.1. The number of halogens is 1. The Morgan fingerprint density at radius 3 is 2.93 bits per heavy atom. The van der Waals surface area contributed by atoms with E-state index in [1.165, 1.54) is 11.3 Å². The van der Waals surface area contributed by atoms with Crippen LogP contribution < -0.4 is 10.5 Å². The number of amides is 1. The summed E-state index contributed by atoms with van der Waals surface area (Å²) in [5, 5.41) is 1.70. The van der Waals surface area contributed by atoms with E-state index in [1.54, 1.807) is 6.20 Å². The minimum absolute atomic E-state index is 0.398. The highest BCUT2D eigenvalue weighted by Crippen LogP contribution is 2.36. The molecule has 0 saturated heterocycles. The van der Waals surface area contributed by atoms with Crippen molar-refractivity contribution in [1.29, 1.82) is 0 Å². The maximum Gasteiger partial charge on any atom is 0.262 e. The fraction of sp³-hybridized carbons (Fsp3) is 0.100. The second-order valence-electron chi connectivity index (χ2n) is 6.00. The molecule has 0 bridgehead atoms. The summed E-state index contributed by atoms with van der Waals surface area (Å²) < 4.78 is 5.86. The Labute approximate surface area is 164 Å². The fourth-order valence-corrected chi connectivity index (χ4v) is 4.01. The number of carbonyl (C=O) groups excluding carboxylic acids is 1. The average molecular weight is 398 g/mol. The Morgan fingerprint density at radius 2 is 2.11 bits per heavy atom. The van der Waals surface area contributed by atoms with E-state index in [0.717, 1.165) is 27.0 Å². The van der Waals surface area contributed by atoms with Gasteiger partial charge in [-0.05, 0) is 29.8 Å². The van der Waals surface area contributed by atoms with Gasteiger partial charge in [-0.25, -0.2) is 4.98 Å². The first-order valence-electron chi connectivity index (χ1n) is 8.35. The number of ether oxygens (including phenoxy) is 1. The number of fused-ring (bicyclic) bond motifs is 1. The average Bonchev–Trinajstić information content (AvgIpc) is 3.29. The first kappa shape index (κ1) is 17.6. The summed E-state index contributed by atoms with van der Waals surface area (Å²) in [6.07, 6.45) is 4.25. The van der Waals surface area contributed by atoms with Gasteiger partial charge >= 0.3 is 0 Å². The van der Waals surface area contributed by atoms with Crippen LogP contribution in [0.1, 0.15) is 15.2 Å². The molecular formula is C20H16ClN3O2S. The summed E-state index contributed by atoms with van der Waals surface area (Å²) in [6.45, 7) is 0.398. The number of nitrogens with one attached hydrogen (secondary N) is 1. The molecule has 0 unspecified atom stereocenters. The largest absolute Gasteiger partial charge is 0.491 e. The minimum atomic E-state index is -0.505. The van der Waals surface area contributed by atoms with Gasteiger partial charge in [-0.1, -0.05) is 29.8 Å². The standard InChI is InChI=1S/C20H16ClN3O2S/c21-15-4-2-1-3-12(15)6-8-26-16-10-17(27-18(16)19(22)25)14-9-13-5-7-23-20(13)24-11-14/h1-5,7,9-11H,6,8H2,(H2,22,25)(H,23,24). The summed E-state index contributed by atoms with van der Waals surface area (Å²) in [6, 6.07) is 13.4. The SMILES string of the molecule is NC(=O)c1sc(-c2cnc3[nH]ccc3c2)cc1OCCc1ccccc1Cl. The van der Waals surface area contributed by atoms with Crippen molar-refractivity contribution in [3.8, 4) is 16.2 Å². The van der Waals surface area contributed by atoms with Crippen molar-refractivity contribution >= 4 is 39.9 Å². The van der Waals surface area contributed by atoms with Crippen molar-refractivity contribution < 1.29 is 9.53 Å². The number of hydrogen-bond acceptors (Lipinski definition) is 4. The Balaban J connectivity index is 1.57. The lowest BCUT2D eigenvalue weighted by Gasteiger charge is -2.07. The van der Waals surface area contributed by atoms with Gasteiger partial charge in [-0.15, -0.1) is 11.3 Å². The predicted octanol–water partition coefficient (Wildman–Crippen LogP) is 4.67. The van der Waals surface area contributed by atoms with Crippen LogP contribution in [0.5, 0.6) is 5.75 Å².